The van der Waals surface area contributed by atoms with Crippen LogP contribution in [0.25, 0.3) is 0 Å². The molecule has 0 aliphatic carbocycles. The lowest BCUT2D eigenvalue weighted by Gasteiger charge is -2.38. The lowest BCUT2D eigenvalue weighted by atomic mass is 10.0. The van der Waals surface area contributed by atoms with Crippen molar-refractivity contribution in [2.24, 2.45) is 0 Å². The van der Waals surface area contributed by atoms with Gasteiger partial charge in [0.25, 0.3) is 0 Å². The highest BCUT2D eigenvalue weighted by Crippen LogP contribution is 2.23. The van der Waals surface area contributed by atoms with E-state index in [0.29, 0.717) is 37.7 Å². The van der Waals surface area contributed by atoms with Gasteiger partial charge in [-0.3, -0.25) is 0 Å². The molecule has 2 atom stereocenters. The van der Waals surface area contributed by atoms with Gasteiger partial charge in [0.15, 0.2) is 0 Å². The van der Waals surface area contributed by atoms with Crippen LogP contribution in [0.5, 0.6) is 11.6 Å². The molecule has 7 heteroatoms. The standard InChI is InChI=1S/C20H32N2O5/c1-7-24-17-13-22(19(23)27-20(4,5)6)11-10-16(17)26-18-9-8-15(12-21-18)25-14(2)3/h8-9,12,14,16-17H,7,10-11,13H2,1-6H3/t16-,17-/m0/s1. The Labute approximate surface area is 161 Å². The molecule has 0 spiro atoms. The van der Waals surface area contributed by atoms with Crippen LogP contribution in [0.15, 0.2) is 18.3 Å². The lowest BCUT2D eigenvalue weighted by Crippen LogP contribution is -2.53. The highest BCUT2D eigenvalue weighted by Gasteiger charge is 2.35. The Kier molecular flexibility index (Phi) is 7.30. The summed E-state index contributed by atoms with van der Waals surface area (Å²) in [6, 6.07) is 3.63. The Morgan fingerprint density at radius 3 is 2.59 bits per heavy atom. The number of rotatable bonds is 6. The Morgan fingerprint density at radius 2 is 2.04 bits per heavy atom. The Balaban J connectivity index is 1.98. The minimum Gasteiger partial charge on any atom is -0.489 e. The first-order chi connectivity index (χ1) is 12.7. The topological polar surface area (TPSA) is 70.1 Å². The zero-order chi connectivity index (χ0) is 20.0. The first kappa shape index (κ1) is 21.3. The van der Waals surface area contributed by atoms with Crippen LogP contribution in [0, 0.1) is 0 Å². The van der Waals surface area contributed by atoms with Crippen LogP contribution < -0.4 is 9.47 Å². The largest absolute Gasteiger partial charge is 0.489 e. The summed E-state index contributed by atoms with van der Waals surface area (Å²) in [6.07, 6.45) is 1.67. The van der Waals surface area contributed by atoms with Gasteiger partial charge in [0.1, 0.15) is 23.6 Å². The third-order valence-electron chi connectivity index (χ3n) is 3.88. The van der Waals surface area contributed by atoms with Crippen molar-refractivity contribution in [3.63, 3.8) is 0 Å². The molecular weight excluding hydrogens is 348 g/mol. The average molecular weight is 380 g/mol. The lowest BCUT2D eigenvalue weighted by molar-refractivity contribution is -0.0700. The van der Waals surface area contributed by atoms with Gasteiger partial charge in [-0.1, -0.05) is 0 Å². The molecule has 2 heterocycles. The minimum atomic E-state index is -0.519. The van der Waals surface area contributed by atoms with E-state index >= 15 is 0 Å². The molecule has 0 unspecified atom stereocenters. The van der Waals surface area contributed by atoms with E-state index in [1.165, 1.54) is 0 Å². The number of carbonyl (C=O) groups is 1. The van der Waals surface area contributed by atoms with E-state index in [9.17, 15) is 4.79 Å². The van der Waals surface area contributed by atoms with Crippen molar-refractivity contribution < 1.29 is 23.7 Å². The van der Waals surface area contributed by atoms with Crippen LogP contribution in [0.3, 0.4) is 0 Å². The highest BCUT2D eigenvalue weighted by atomic mass is 16.6. The summed E-state index contributed by atoms with van der Waals surface area (Å²) in [5.74, 6) is 1.23. The third kappa shape index (κ3) is 6.90. The molecule has 1 saturated heterocycles. The van der Waals surface area contributed by atoms with Crippen LogP contribution in [-0.2, 0) is 9.47 Å². The zero-order valence-electron chi connectivity index (χ0n) is 17.2. The number of ether oxygens (including phenoxy) is 4. The van der Waals surface area contributed by atoms with Gasteiger partial charge in [0, 0.05) is 25.6 Å². The van der Waals surface area contributed by atoms with Crippen molar-refractivity contribution in [3.8, 4) is 11.6 Å². The summed E-state index contributed by atoms with van der Waals surface area (Å²) in [5.41, 5.74) is -0.519. The Morgan fingerprint density at radius 1 is 1.30 bits per heavy atom. The number of carbonyl (C=O) groups excluding carboxylic acids is 1. The molecule has 1 aliphatic heterocycles. The van der Waals surface area contributed by atoms with Crippen molar-refractivity contribution in [1.82, 2.24) is 9.88 Å². The Hall–Kier alpha value is -2.02. The fourth-order valence-electron chi connectivity index (χ4n) is 2.83. The van der Waals surface area contributed by atoms with Crippen molar-refractivity contribution >= 4 is 6.09 Å². The van der Waals surface area contributed by atoms with Gasteiger partial charge >= 0.3 is 6.09 Å². The molecule has 0 radical (unpaired) electrons. The average Bonchev–Trinajstić information content (AvgIpc) is 2.56. The van der Waals surface area contributed by atoms with Crippen molar-refractivity contribution in [3.05, 3.63) is 18.3 Å². The van der Waals surface area contributed by atoms with Gasteiger partial charge < -0.3 is 23.8 Å². The number of nitrogens with zero attached hydrogens (tertiary/aromatic N) is 2. The predicted molar refractivity (Wildman–Crippen MR) is 102 cm³/mol. The molecule has 0 N–H and O–H groups in total. The third-order valence-corrected chi connectivity index (χ3v) is 3.88. The number of hydrogen-bond donors (Lipinski definition) is 0. The van der Waals surface area contributed by atoms with Gasteiger partial charge in [0.2, 0.25) is 5.88 Å². The van der Waals surface area contributed by atoms with E-state index in [1.807, 2.05) is 47.6 Å². The fourth-order valence-corrected chi connectivity index (χ4v) is 2.83. The summed E-state index contributed by atoms with van der Waals surface area (Å²) in [7, 11) is 0. The van der Waals surface area contributed by atoms with Gasteiger partial charge in [-0.15, -0.1) is 0 Å². The number of amides is 1. The summed E-state index contributed by atoms with van der Waals surface area (Å²) in [4.78, 5) is 18.3. The second kappa shape index (κ2) is 9.26. The minimum absolute atomic E-state index is 0.0954. The maximum atomic E-state index is 12.3. The molecule has 7 nitrogen and oxygen atoms in total. The van der Waals surface area contributed by atoms with E-state index in [4.69, 9.17) is 18.9 Å². The van der Waals surface area contributed by atoms with Gasteiger partial charge in [-0.05, 0) is 47.6 Å². The Bertz CT molecular complexity index is 597. The molecule has 2 rings (SSSR count). The van der Waals surface area contributed by atoms with E-state index in [1.54, 1.807) is 17.2 Å². The molecular formula is C20H32N2O5. The molecule has 1 aromatic heterocycles. The summed E-state index contributed by atoms with van der Waals surface area (Å²) in [6.45, 7) is 13.0. The molecule has 1 aliphatic rings. The summed E-state index contributed by atoms with van der Waals surface area (Å²) < 4.78 is 22.9. The van der Waals surface area contributed by atoms with E-state index in [2.05, 4.69) is 4.98 Å². The van der Waals surface area contributed by atoms with E-state index in [-0.39, 0.29) is 24.4 Å². The summed E-state index contributed by atoms with van der Waals surface area (Å²) in [5, 5.41) is 0. The monoisotopic (exact) mass is 380 g/mol. The fraction of sp³-hybridized carbons (Fsp3) is 0.700. The molecule has 27 heavy (non-hydrogen) atoms. The number of aromatic nitrogens is 1. The SMILES string of the molecule is CCO[C@H]1CN(C(=O)OC(C)(C)C)CC[C@@H]1Oc1ccc(OC(C)C)cn1. The van der Waals surface area contributed by atoms with Crippen LogP contribution in [-0.4, -0.2) is 59.6 Å². The van der Waals surface area contributed by atoms with Crippen LogP contribution in [0.1, 0.15) is 48.0 Å². The maximum absolute atomic E-state index is 12.3. The van der Waals surface area contributed by atoms with E-state index < -0.39 is 5.60 Å². The van der Waals surface area contributed by atoms with E-state index in [0.717, 1.165) is 0 Å². The molecule has 152 valence electrons. The second-order valence-corrected chi connectivity index (χ2v) is 7.86. The quantitative estimate of drug-likeness (QED) is 0.750. The molecule has 0 bridgehead atoms. The first-order valence-corrected chi connectivity index (χ1v) is 9.57. The normalized spacial score (nSPS) is 20.5. The molecule has 0 saturated carbocycles. The van der Waals surface area contributed by atoms with Crippen LogP contribution in [0.2, 0.25) is 0 Å². The molecule has 0 aromatic carbocycles. The molecule has 1 amide bonds. The maximum Gasteiger partial charge on any atom is 0.410 e. The van der Waals surface area contributed by atoms with Gasteiger partial charge in [0.05, 0.1) is 18.8 Å². The smallest absolute Gasteiger partial charge is 0.410 e. The molecule has 1 fully saturated rings. The number of hydrogen-bond acceptors (Lipinski definition) is 6. The second-order valence-electron chi connectivity index (χ2n) is 7.86. The van der Waals surface area contributed by atoms with Crippen molar-refractivity contribution in [1.29, 1.82) is 0 Å². The zero-order valence-corrected chi connectivity index (χ0v) is 17.2. The molecule has 1 aromatic rings. The van der Waals surface area contributed by atoms with Gasteiger partial charge in [-0.25, -0.2) is 9.78 Å². The summed E-state index contributed by atoms with van der Waals surface area (Å²) >= 11 is 0. The van der Waals surface area contributed by atoms with Gasteiger partial charge in [-0.2, -0.15) is 0 Å². The number of pyridine rings is 1. The van der Waals surface area contributed by atoms with Crippen molar-refractivity contribution in [2.45, 2.75) is 71.9 Å². The number of likely N-dealkylation sites (tertiary alicyclic amines) is 1. The van der Waals surface area contributed by atoms with Crippen LogP contribution >= 0.6 is 0 Å². The van der Waals surface area contributed by atoms with Crippen LogP contribution in [0.4, 0.5) is 4.79 Å². The van der Waals surface area contributed by atoms with Crippen molar-refractivity contribution in [2.75, 3.05) is 19.7 Å². The first-order valence-electron chi connectivity index (χ1n) is 9.57. The predicted octanol–water partition coefficient (Wildman–Crippen LogP) is 3.66. The number of piperidine rings is 1. The highest BCUT2D eigenvalue weighted by molar-refractivity contribution is 5.68.